The van der Waals surface area contributed by atoms with Crippen LogP contribution in [0.15, 0.2) is 24.5 Å². The summed E-state index contributed by atoms with van der Waals surface area (Å²) in [6.07, 6.45) is 4.38. The molecule has 0 atom stereocenters. The van der Waals surface area contributed by atoms with Gasteiger partial charge in [0.15, 0.2) is 0 Å². The van der Waals surface area contributed by atoms with Crippen molar-refractivity contribution in [2.24, 2.45) is 5.90 Å². The number of thiazole rings is 1. The summed E-state index contributed by atoms with van der Waals surface area (Å²) in [5.74, 6) is 5.02. The molecule has 0 spiro atoms. The molecule has 0 unspecified atom stereocenters. The molecule has 2 aromatic heterocycles. The SMILES string of the molecule is Cc1nc(-c2cccnc2)sc1CCON. The highest BCUT2D eigenvalue weighted by Gasteiger charge is 2.08. The smallest absolute Gasteiger partial charge is 0.125 e. The molecule has 2 N–H and O–H groups in total. The lowest BCUT2D eigenvalue weighted by Crippen LogP contribution is -2.03. The van der Waals surface area contributed by atoms with Gasteiger partial charge in [0.05, 0.1) is 12.3 Å². The van der Waals surface area contributed by atoms with E-state index >= 15 is 0 Å². The molecular formula is C11H13N3OS. The van der Waals surface area contributed by atoms with Crippen molar-refractivity contribution in [2.75, 3.05) is 6.61 Å². The average molecular weight is 235 g/mol. The van der Waals surface area contributed by atoms with Crippen molar-refractivity contribution >= 4 is 11.3 Å². The molecule has 4 nitrogen and oxygen atoms in total. The van der Waals surface area contributed by atoms with Crippen LogP contribution < -0.4 is 5.90 Å². The molecule has 0 radical (unpaired) electrons. The van der Waals surface area contributed by atoms with E-state index in [-0.39, 0.29) is 0 Å². The van der Waals surface area contributed by atoms with Gasteiger partial charge in [-0.25, -0.2) is 10.9 Å². The lowest BCUT2D eigenvalue weighted by Gasteiger charge is -1.95. The van der Waals surface area contributed by atoms with Gasteiger partial charge in [-0.1, -0.05) is 0 Å². The molecule has 0 aliphatic heterocycles. The second-order valence-electron chi connectivity index (χ2n) is 3.39. The highest BCUT2D eigenvalue weighted by molar-refractivity contribution is 7.15. The fraction of sp³-hybridized carbons (Fsp3) is 0.273. The van der Waals surface area contributed by atoms with Gasteiger partial charge in [-0.3, -0.25) is 4.98 Å². The van der Waals surface area contributed by atoms with E-state index in [0.29, 0.717) is 6.61 Å². The number of hydrogen-bond acceptors (Lipinski definition) is 5. The van der Waals surface area contributed by atoms with Crippen LogP contribution in [0.2, 0.25) is 0 Å². The topological polar surface area (TPSA) is 61.0 Å². The van der Waals surface area contributed by atoms with Crippen molar-refractivity contribution in [2.45, 2.75) is 13.3 Å². The zero-order valence-electron chi connectivity index (χ0n) is 9.01. The lowest BCUT2D eigenvalue weighted by molar-refractivity contribution is 0.141. The zero-order valence-corrected chi connectivity index (χ0v) is 9.83. The Kier molecular flexibility index (Phi) is 3.61. The molecule has 0 fully saturated rings. The molecule has 5 heteroatoms. The van der Waals surface area contributed by atoms with E-state index in [1.165, 1.54) is 4.88 Å². The van der Waals surface area contributed by atoms with Crippen molar-refractivity contribution in [1.29, 1.82) is 0 Å². The van der Waals surface area contributed by atoms with Gasteiger partial charge in [0.1, 0.15) is 5.01 Å². The first-order chi connectivity index (χ1) is 7.81. The maximum absolute atomic E-state index is 5.02. The van der Waals surface area contributed by atoms with Crippen molar-refractivity contribution in [3.05, 3.63) is 35.1 Å². The van der Waals surface area contributed by atoms with Crippen molar-refractivity contribution in [3.8, 4) is 10.6 Å². The Labute approximate surface area is 98.1 Å². The molecule has 0 aliphatic carbocycles. The van der Waals surface area contributed by atoms with Crippen LogP contribution >= 0.6 is 11.3 Å². The Hall–Kier alpha value is -1.30. The van der Waals surface area contributed by atoms with Crippen LogP contribution in [-0.2, 0) is 11.3 Å². The minimum absolute atomic E-state index is 0.523. The number of aromatic nitrogens is 2. The zero-order chi connectivity index (χ0) is 11.4. The molecule has 0 aliphatic rings. The Morgan fingerprint density at radius 1 is 1.50 bits per heavy atom. The first kappa shape index (κ1) is 11.2. The maximum Gasteiger partial charge on any atom is 0.125 e. The van der Waals surface area contributed by atoms with E-state index in [0.717, 1.165) is 22.7 Å². The van der Waals surface area contributed by atoms with Gasteiger partial charge in [0, 0.05) is 29.3 Å². The molecule has 2 heterocycles. The van der Waals surface area contributed by atoms with Crippen LogP contribution in [0.4, 0.5) is 0 Å². The summed E-state index contributed by atoms with van der Waals surface area (Å²) in [4.78, 5) is 14.4. The summed E-state index contributed by atoms with van der Waals surface area (Å²) in [5, 5.41) is 0.998. The van der Waals surface area contributed by atoms with Crippen molar-refractivity contribution in [3.63, 3.8) is 0 Å². The predicted octanol–water partition coefficient (Wildman–Crippen LogP) is 1.95. The predicted molar refractivity (Wildman–Crippen MR) is 63.9 cm³/mol. The molecule has 2 rings (SSSR count). The number of aryl methyl sites for hydroxylation is 1. The van der Waals surface area contributed by atoms with E-state index in [2.05, 4.69) is 14.8 Å². The van der Waals surface area contributed by atoms with Crippen LogP contribution in [0.5, 0.6) is 0 Å². The molecule has 16 heavy (non-hydrogen) atoms. The van der Waals surface area contributed by atoms with E-state index in [9.17, 15) is 0 Å². The van der Waals surface area contributed by atoms with E-state index in [4.69, 9.17) is 5.90 Å². The first-order valence-corrected chi connectivity index (χ1v) is 5.81. The highest BCUT2D eigenvalue weighted by atomic mass is 32.1. The molecule has 0 aromatic carbocycles. The average Bonchev–Trinajstić information content (AvgIpc) is 2.69. The highest BCUT2D eigenvalue weighted by Crippen LogP contribution is 2.27. The van der Waals surface area contributed by atoms with E-state index in [1.54, 1.807) is 17.5 Å². The van der Waals surface area contributed by atoms with Gasteiger partial charge < -0.3 is 4.84 Å². The largest absolute Gasteiger partial charge is 0.304 e. The van der Waals surface area contributed by atoms with Gasteiger partial charge in [0.25, 0.3) is 0 Å². The van der Waals surface area contributed by atoms with Gasteiger partial charge >= 0.3 is 0 Å². The van der Waals surface area contributed by atoms with E-state index in [1.807, 2.05) is 25.3 Å². The number of pyridine rings is 1. The minimum atomic E-state index is 0.523. The van der Waals surface area contributed by atoms with Crippen LogP contribution in [0.1, 0.15) is 10.6 Å². The Morgan fingerprint density at radius 3 is 3.06 bits per heavy atom. The maximum atomic E-state index is 5.02. The van der Waals surface area contributed by atoms with Crippen LogP contribution in [0.25, 0.3) is 10.6 Å². The number of nitrogens with two attached hydrogens (primary N) is 1. The fourth-order valence-corrected chi connectivity index (χ4v) is 2.46. The lowest BCUT2D eigenvalue weighted by atomic mass is 10.3. The van der Waals surface area contributed by atoms with Crippen LogP contribution in [0, 0.1) is 6.92 Å². The van der Waals surface area contributed by atoms with E-state index < -0.39 is 0 Å². The quantitative estimate of drug-likeness (QED) is 0.823. The normalized spacial score (nSPS) is 10.6. The third-order valence-electron chi connectivity index (χ3n) is 2.25. The second-order valence-corrected chi connectivity index (χ2v) is 4.47. The Morgan fingerprint density at radius 2 is 2.38 bits per heavy atom. The van der Waals surface area contributed by atoms with Gasteiger partial charge in [-0.05, 0) is 19.1 Å². The summed E-state index contributed by atoms with van der Waals surface area (Å²) in [6.45, 7) is 2.53. The molecular weight excluding hydrogens is 222 g/mol. The molecule has 0 bridgehead atoms. The third-order valence-corrected chi connectivity index (χ3v) is 3.51. The second kappa shape index (κ2) is 5.16. The summed E-state index contributed by atoms with van der Waals surface area (Å²) >= 11 is 1.67. The summed E-state index contributed by atoms with van der Waals surface area (Å²) < 4.78 is 0. The molecule has 2 aromatic rings. The number of rotatable bonds is 4. The van der Waals surface area contributed by atoms with Gasteiger partial charge in [-0.15, -0.1) is 11.3 Å². The summed E-state index contributed by atoms with van der Waals surface area (Å²) in [5.41, 5.74) is 2.09. The van der Waals surface area contributed by atoms with Crippen LogP contribution in [-0.4, -0.2) is 16.6 Å². The fourth-order valence-electron chi connectivity index (χ4n) is 1.42. The Bertz CT molecular complexity index is 456. The van der Waals surface area contributed by atoms with Crippen molar-refractivity contribution in [1.82, 2.24) is 9.97 Å². The molecule has 0 saturated carbocycles. The number of hydrogen-bond donors (Lipinski definition) is 1. The van der Waals surface area contributed by atoms with Crippen LogP contribution in [0.3, 0.4) is 0 Å². The molecule has 0 amide bonds. The first-order valence-electron chi connectivity index (χ1n) is 4.99. The minimum Gasteiger partial charge on any atom is -0.304 e. The monoisotopic (exact) mass is 235 g/mol. The summed E-state index contributed by atoms with van der Waals surface area (Å²) in [7, 11) is 0. The van der Waals surface area contributed by atoms with Crippen molar-refractivity contribution < 1.29 is 4.84 Å². The van der Waals surface area contributed by atoms with Gasteiger partial charge in [0.2, 0.25) is 0 Å². The number of nitrogens with zero attached hydrogens (tertiary/aromatic N) is 2. The standard InChI is InChI=1S/C11H13N3OS/c1-8-10(4-6-15-12)16-11(14-8)9-3-2-5-13-7-9/h2-3,5,7H,4,6,12H2,1H3. The molecule has 0 saturated heterocycles. The van der Waals surface area contributed by atoms with Gasteiger partial charge in [-0.2, -0.15) is 0 Å². The third kappa shape index (κ3) is 2.44. The summed E-state index contributed by atoms with van der Waals surface area (Å²) in [6, 6.07) is 3.92. The molecule has 84 valence electrons. The Balaban J connectivity index is 2.24.